The maximum absolute atomic E-state index is 11.9. The van der Waals surface area contributed by atoms with Gasteiger partial charge >= 0.3 is 11.9 Å². The Labute approximate surface area is 288 Å². The van der Waals surface area contributed by atoms with Gasteiger partial charge in [0.15, 0.2) is 0 Å². The molecule has 0 aliphatic carbocycles. The third kappa shape index (κ3) is 36.2. The molecule has 0 amide bonds. The monoisotopic (exact) mass is 659 g/mol. The standard InChI is InChI=1S/C41H70O6/c1-3-5-7-9-11-12-13-14-15-16-17-18-22-26-30-34-40(44)46-36-39(43)37-47-41(45)35-31-27-23-20-19-21-25-29-33-38(42)32-28-24-10-8-6-4-2/h6,8,20-21,23-25,28-29,33,38-39,42-43H,3-5,7,9-19,22,26-27,30-32,34-37H2,1-2H3/b8-6-,23-20-,25-21-,28-24-,33-29+/t38?,39-/m1/s1. The molecular formula is C41H70O6. The van der Waals surface area contributed by atoms with Gasteiger partial charge in [-0.25, -0.2) is 0 Å². The summed E-state index contributed by atoms with van der Waals surface area (Å²) < 4.78 is 10.3. The van der Waals surface area contributed by atoms with Gasteiger partial charge in [0, 0.05) is 12.8 Å². The highest BCUT2D eigenvalue weighted by atomic mass is 16.6. The van der Waals surface area contributed by atoms with Crippen LogP contribution in [0.25, 0.3) is 0 Å². The topological polar surface area (TPSA) is 93.1 Å². The lowest BCUT2D eigenvalue weighted by molar-refractivity contribution is -0.152. The number of ether oxygens (including phenoxy) is 2. The maximum atomic E-state index is 11.9. The summed E-state index contributed by atoms with van der Waals surface area (Å²) in [7, 11) is 0. The van der Waals surface area contributed by atoms with Crippen LogP contribution in [0.4, 0.5) is 0 Å². The molecule has 0 saturated carbocycles. The van der Waals surface area contributed by atoms with Crippen LogP contribution in [0.1, 0.15) is 162 Å². The molecule has 6 nitrogen and oxygen atoms in total. The molecule has 0 aromatic heterocycles. The lowest BCUT2D eigenvalue weighted by Crippen LogP contribution is -2.25. The number of aliphatic hydroxyl groups excluding tert-OH is 2. The fourth-order valence-electron chi connectivity index (χ4n) is 4.97. The zero-order valence-corrected chi connectivity index (χ0v) is 30.1. The first-order chi connectivity index (χ1) is 23.0. The van der Waals surface area contributed by atoms with Crippen LogP contribution in [0.5, 0.6) is 0 Å². The minimum Gasteiger partial charge on any atom is -0.463 e. The van der Waals surface area contributed by atoms with E-state index in [1.807, 2.05) is 36.5 Å². The lowest BCUT2D eigenvalue weighted by Gasteiger charge is -2.12. The number of esters is 2. The number of rotatable bonds is 33. The van der Waals surface area contributed by atoms with Crippen LogP contribution in [0.2, 0.25) is 0 Å². The molecule has 0 radical (unpaired) electrons. The van der Waals surface area contributed by atoms with Crippen molar-refractivity contribution in [1.29, 1.82) is 0 Å². The smallest absolute Gasteiger partial charge is 0.305 e. The van der Waals surface area contributed by atoms with Crippen LogP contribution in [0.3, 0.4) is 0 Å². The number of aliphatic hydroxyl groups is 2. The molecule has 0 bridgehead atoms. The minimum atomic E-state index is -1.00. The average molecular weight is 659 g/mol. The van der Waals surface area contributed by atoms with Crippen LogP contribution in [0, 0.1) is 0 Å². The minimum absolute atomic E-state index is 0.150. The summed E-state index contributed by atoms with van der Waals surface area (Å²) in [4.78, 5) is 23.9. The molecular weight excluding hydrogens is 588 g/mol. The highest BCUT2D eigenvalue weighted by molar-refractivity contribution is 5.69. The number of hydrogen-bond donors (Lipinski definition) is 2. The van der Waals surface area contributed by atoms with Crippen LogP contribution in [-0.4, -0.2) is 47.6 Å². The highest BCUT2D eigenvalue weighted by Gasteiger charge is 2.12. The molecule has 6 heteroatoms. The van der Waals surface area contributed by atoms with Gasteiger partial charge in [-0.2, -0.15) is 0 Å². The van der Waals surface area contributed by atoms with Crippen molar-refractivity contribution in [2.24, 2.45) is 0 Å². The van der Waals surface area contributed by atoms with Gasteiger partial charge in [-0.3, -0.25) is 9.59 Å². The van der Waals surface area contributed by atoms with E-state index in [2.05, 4.69) is 32.1 Å². The van der Waals surface area contributed by atoms with Crippen molar-refractivity contribution in [3.8, 4) is 0 Å². The van der Waals surface area contributed by atoms with Gasteiger partial charge in [-0.1, -0.05) is 164 Å². The van der Waals surface area contributed by atoms with E-state index in [9.17, 15) is 19.8 Å². The largest absolute Gasteiger partial charge is 0.463 e. The zero-order valence-electron chi connectivity index (χ0n) is 30.1. The molecule has 2 N–H and O–H groups in total. The van der Waals surface area contributed by atoms with Crippen molar-refractivity contribution in [3.05, 3.63) is 60.8 Å². The highest BCUT2D eigenvalue weighted by Crippen LogP contribution is 2.14. The van der Waals surface area contributed by atoms with Crippen LogP contribution < -0.4 is 0 Å². The first kappa shape index (κ1) is 44.6. The van der Waals surface area contributed by atoms with Crippen molar-refractivity contribution < 1.29 is 29.3 Å². The first-order valence-corrected chi connectivity index (χ1v) is 18.9. The van der Waals surface area contributed by atoms with E-state index in [4.69, 9.17) is 9.47 Å². The SMILES string of the molecule is CC/C=C\C/C=C\CC(O)/C=C/C=C\C/C=C\CCCC(=O)OC[C@H](O)COC(=O)CCCCCCCCCCCCCCCCC. The number of carbonyl (C=O) groups is 2. The molecule has 47 heavy (non-hydrogen) atoms. The summed E-state index contributed by atoms with van der Waals surface area (Å²) in [5.74, 6) is -0.670. The van der Waals surface area contributed by atoms with E-state index >= 15 is 0 Å². The number of unbranched alkanes of at least 4 members (excludes halogenated alkanes) is 15. The Kier molecular flexibility index (Phi) is 34.5. The predicted octanol–water partition coefficient (Wildman–Crippen LogP) is 10.6. The van der Waals surface area contributed by atoms with Gasteiger partial charge in [0.1, 0.15) is 19.3 Å². The molecule has 0 heterocycles. The number of allylic oxidation sites excluding steroid dienone is 8. The summed E-state index contributed by atoms with van der Waals surface area (Å²) in [5.41, 5.74) is 0. The van der Waals surface area contributed by atoms with Gasteiger partial charge in [-0.05, 0) is 44.9 Å². The van der Waals surface area contributed by atoms with Gasteiger partial charge in [0.2, 0.25) is 0 Å². The third-order valence-corrected chi connectivity index (χ3v) is 7.85. The summed E-state index contributed by atoms with van der Waals surface area (Å²) in [6.45, 7) is 4.06. The van der Waals surface area contributed by atoms with Crippen molar-refractivity contribution >= 4 is 11.9 Å². The van der Waals surface area contributed by atoms with E-state index < -0.39 is 12.2 Å². The number of carbonyl (C=O) groups excluding carboxylic acids is 2. The Morgan fingerprint density at radius 3 is 1.62 bits per heavy atom. The molecule has 0 fully saturated rings. The molecule has 0 spiro atoms. The van der Waals surface area contributed by atoms with E-state index in [0.717, 1.165) is 44.9 Å². The quantitative estimate of drug-likeness (QED) is 0.0315. The van der Waals surface area contributed by atoms with Crippen LogP contribution in [-0.2, 0) is 19.1 Å². The van der Waals surface area contributed by atoms with Gasteiger partial charge in [0.25, 0.3) is 0 Å². The molecule has 270 valence electrons. The normalized spacial score (nSPS) is 13.5. The van der Waals surface area contributed by atoms with E-state index in [0.29, 0.717) is 19.3 Å². The second kappa shape index (κ2) is 36.4. The molecule has 0 aromatic rings. The van der Waals surface area contributed by atoms with Crippen LogP contribution >= 0.6 is 0 Å². The second-order valence-corrected chi connectivity index (χ2v) is 12.5. The summed E-state index contributed by atoms with van der Waals surface area (Å²) in [6, 6.07) is 0. The third-order valence-electron chi connectivity index (χ3n) is 7.85. The second-order valence-electron chi connectivity index (χ2n) is 12.5. The van der Waals surface area contributed by atoms with Crippen molar-refractivity contribution in [1.82, 2.24) is 0 Å². The molecule has 1 unspecified atom stereocenters. The Morgan fingerprint density at radius 2 is 1.04 bits per heavy atom. The average Bonchev–Trinajstić information content (AvgIpc) is 3.06. The fourth-order valence-corrected chi connectivity index (χ4v) is 4.97. The molecule has 0 aromatic carbocycles. The number of hydrogen-bond acceptors (Lipinski definition) is 6. The fraction of sp³-hybridized carbons (Fsp3) is 0.707. The summed E-state index contributed by atoms with van der Waals surface area (Å²) in [5, 5.41) is 19.9. The van der Waals surface area contributed by atoms with Crippen molar-refractivity contribution in [2.75, 3.05) is 13.2 Å². The van der Waals surface area contributed by atoms with E-state index in [-0.39, 0.29) is 31.6 Å². The molecule has 2 atom stereocenters. The maximum Gasteiger partial charge on any atom is 0.305 e. The lowest BCUT2D eigenvalue weighted by atomic mass is 10.0. The Morgan fingerprint density at radius 1 is 0.553 bits per heavy atom. The van der Waals surface area contributed by atoms with Crippen molar-refractivity contribution in [2.45, 2.75) is 174 Å². The van der Waals surface area contributed by atoms with Gasteiger partial charge < -0.3 is 19.7 Å². The van der Waals surface area contributed by atoms with E-state index in [1.54, 1.807) is 6.08 Å². The first-order valence-electron chi connectivity index (χ1n) is 18.9. The summed E-state index contributed by atoms with van der Waals surface area (Å²) in [6.07, 6.45) is 43.1. The van der Waals surface area contributed by atoms with Gasteiger partial charge in [0.05, 0.1) is 6.10 Å². The predicted molar refractivity (Wildman–Crippen MR) is 197 cm³/mol. The van der Waals surface area contributed by atoms with Gasteiger partial charge in [-0.15, -0.1) is 0 Å². The summed E-state index contributed by atoms with van der Waals surface area (Å²) >= 11 is 0. The Hall–Kier alpha value is -2.44. The molecule has 0 aliphatic rings. The Balaban J connectivity index is 3.61. The van der Waals surface area contributed by atoms with E-state index in [1.165, 1.54) is 77.0 Å². The molecule has 0 aliphatic heterocycles. The molecule has 0 saturated heterocycles. The van der Waals surface area contributed by atoms with Crippen molar-refractivity contribution in [3.63, 3.8) is 0 Å². The Bertz CT molecular complexity index is 856. The van der Waals surface area contributed by atoms with Crippen LogP contribution in [0.15, 0.2) is 60.8 Å². The molecule has 0 rings (SSSR count). The zero-order chi connectivity index (χ0) is 34.5.